The summed E-state index contributed by atoms with van der Waals surface area (Å²) in [5.41, 5.74) is 5.57. The Bertz CT molecular complexity index is 205. The zero-order valence-electron chi connectivity index (χ0n) is 7.55. The minimum Gasteiger partial charge on any atom is -0.463 e. The van der Waals surface area contributed by atoms with E-state index in [2.05, 4.69) is 11.9 Å². The monoisotopic (exact) mass is 168 g/mol. The molecule has 1 aliphatic heterocycles. The molecule has 0 radical (unpaired) electrons. The zero-order valence-corrected chi connectivity index (χ0v) is 7.55. The highest BCUT2D eigenvalue weighted by molar-refractivity contribution is 5.73. The van der Waals surface area contributed by atoms with Crippen LogP contribution in [-0.4, -0.2) is 18.2 Å². The quantitative estimate of drug-likeness (QED) is 0.592. The smallest absolute Gasteiger partial charge is 0.282 e. The van der Waals surface area contributed by atoms with Gasteiger partial charge in [-0.3, -0.25) is 0 Å². The lowest BCUT2D eigenvalue weighted by Crippen LogP contribution is -2.33. The summed E-state index contributed by atoms with van der Waals surface area (Å²) in [6.45, 7) is 3.02. The molecule has 0 saturated heterocycles. The summed E-state index contributed by atoms with van der Waals surface area (Å²) in [6, 6.07) is 0.393. The maximum absolute atomic E-state index is 5.50. The third-order valence-electron chi connectivity index (χ3n) is 3.04. The third kappa shape index (κ3) is 1.28. The minimum atomic E-state index is 0.0661. The van der Waals surface area contributed by atoms with Crippen LogP contribution in [0, 0.1) is 5.92 Å². The number of rotatable bonds is 0. The summed E-state index contributed by atoms with van der Waals surface area (Å²) in [5, 5.41) is 0. The van der Waals surface area contributed by atoms with Gasteiger partial charge in [0.2, 0.25) is 0 Å². The number of hydrogen-bond acceptors (Lipinski definition) is 3. The predicted molar refractivity (Wildman–Crippen MR) is 47.9 cm³/mol. The summed E-state index contributed by atoms with van der Waals surface area (Å²) in [5.74, 6) is 0.854. The van der Waals surface area contributed by atoms with E-state index in [4.69, 9.17) is 10.5 Å². The Balaban J connectivity index is 2.04. The SMILES string of the molecule is CC1CCC2(CC1)COC(N)=N2. The Morgan fingerprint density at radius 3 is 2.67 bits per heavy atom. The molecule has 12 heavy (non-hydrogen) atoms. The van der Waals surface area contributed by atoms with Crippen LogP contribution in [0.1, 0.15) is 32.6 Å². The van der Waals surface area contributed by atoms with E-state index < -0.39 is 0 Å². The lowest BCUT2D eigenvalue weighted by atomic mass is 9.78. The van der Waals surface area contributed by atoms with Crippen molar-refractivity contribution in [1.82, 2.24) is 0 Å². The first-order chi connectivity index (χ1) is 5.70. The van der Waals surface area contributed by atoms with Gasteiger partial charge in [-0.15, -0.1) is 0 Å². The van der Waals surface area contributed by atoms with Gasteiger partial charge in [-0.05, 0) is 31.6 Å². The van der Waals surface area contributed by atoms with Gasteiger partial charge in [0, 0.05) is 0 Å². The molecule has 1 fully saturated rings. The first-order valence-electron chi connectivity index (χ1n) is 4.68. The van der Waals surface area contributed by atoms with Crippen LogP contribution in [0.25, 0.3) is 0 Å². The van der Waals surface area contributed by atoms with Crippen LogP contribution in [0.5, 0.6) is 0 Å². The maximum atomic E-state index is 5.50. The van der Waals surface area contributed by atoms with Crippen molar-refractivity contribution >= 4 is 6.02 Å². The lowest BCUT2D eigenvalue weighted by Gasteiger charge is -2.31. The van der Waals surface area contributed by atoms with E-state index in [0.717, 1.165) is 18.8 Å². The van der Waals surface area contributed by atoms with E-state index in [1.165, 1.54) is 12.8 Å². The fourth-order valence-corrected chi connectivity index (χ4v) is 2.06. The molecule has 2 N–H and O–H groups in total. The van der Waals surface area contributed by atoms with Crippen molar-refractivity contribution in [1.29, 1.82) is 0 Å². The van der Waals surface area contributed by atoms with E-state index in [-0.39, 0.29) is 5.54 Å². The van der Waals surface area contributed by atoms with Crippen molar-refractivity contribution in [3.63, 3.8) is 0 Å². The van der Waals surface area contributed by atoms with Gasteiger partial charge < -0.3 is 10.5 Å². The summed E-state index contributed by atoms with van der Waals surface area (Å²) in [7, 11) is 0. The number of aliphatic imine (C=N–C) groups is 1. The number of nitrogens with zero attached hydrogens (tertiary/aromatic N) is 1. The average molecular weight is 168 g/mol. The molecule has 1 saturated carbocycles. The van der Waals surface area contributed by atoms with Gasteiger partial charge in [-0.2, -0.15) is 0 Å². The second-order valence-electron chi connectivity index (χ2n) is 4.15. The molecule has 0 unspecified atom stereocenters. The van der Waals surface area contributed by atoms with Gasteiger partial charge in [0.15, 0.2) is 0 Å². The highest BCUT2D eigenvalue weighted by Gasteiger charge is 2.38. The Labute approximate surface area is 73.0 Å². The van der Waals surface area contributed by atoms with Crippen LogP contribution in [-0.2, 0) is 4.74 Å². The van der Waals surface area contributed by atoms with Crippen molar-refractivity contribution in [3.8, 4) is 0 Å². The van der Waals surface area contributed by atoms with Gasteiger partial charge in [-0.1, -0.05) is 6.92 Å². The summed E-state index contributed by atoms with van der Waals surface area (Å²) >= 11 is 0. The molecular formula is C9H16N2O. The van der Waals surface area contributed by atoms with E-state index >= 15 is 0 Å². The van der Waals surface area contributed by atoms with Crippen LogP contribution in [0.15, 0.2) is 4.99 Å². The van der Waals surface area contributed by atoms with Crippen LogP contribution >= 0.6 is 0 Å². The molecule has 0 aromatic rings. The fourth-order valence-electron chi connectivity index (χ4n) is 2.06. The molecule has 0 amide bonds. The number of ether oxygens (including phenoxy) is 1. The molecule has 0 bridgehead atoms. The molecule has 2 rings (SSSR count). The minimum absolute atomic E-state index is 0.0661. The topological polar surface area (TPSA) is 47.6 Å². The van der Waals surface area contributed by atoms with Gasteiger partial charge >= 0.3 is 0 Å². The number of nitrogens with two attached hydrogens (primary N) is 1. The van der Waals surface area contributed by atoms with Gasteiger partial charge in [0.25, 0.3) is 6.02 Å². The molecule has 68 valence electrons. The molecule has 1 aliphatic carbocycles. The van der Waals surface area contributed by atoms with Crippen LogP contribution < -0.4 is 5.73 Å². The van der Waals surface area contributed by atoms with Crippen molar-refractivity contribution in [2.75, 3.05) is 6.61 Å². The average Bonchev–Trinajstić information content (AvgIpc) is 2.40. The largest absolute Gasteiger partial charge is 0.463 e. The highest BCUT2D eigenvalue weighted by atomic mass is 16.5. The summed E-state index contributed by atoms with van der Waals surface area (Å²) in [4.78, 5) is 4.39. The first-order valence-corrected chi connectivity index (χ1v) is 4.68. The first kappa shape index (κ1) is 7.90. The number of amidine groups is 1. The molecular weight excluding hydrogens is 152 g/mol. The molecule has 3 heteroatoms. The summed E-state index contributed by atoms with van der Waals surface area (Å²) in [6.07, 6.45) is 4.82. The predicted octanol–water partition coefficient (Wildman–Crippen LogP) is 1.28. The van der Waals surface area contributed by atoms with Gasteiger partial charge in [0.1, 0.15) is 12.1 Å². The van der Waals surface area contributed by atoms with E-state index in [0.29, 0.717) is 12.6 Å². The molecule has 2 aliphatic rings. The summed E-state index contributed by atoms with van der Waals surface area (Å²) < 4.78 is 5.21. The standard InChI is InChI=1S/C9H16N2O/c1-7-2-4-9(5-3-7)6-12-8(10)11-9/h7H,2-6H2,1H3,(H2,10,11). The van der Waals surface area contributed by atoms with Crippen molar-refractivity contribution in [3.05, 3.63) is 0 Å². The third-order valence-corrected chi connectivity index (χ3v) is 3.04. The Morgan fingerprint density at radius 2 is 2.17 bits per heavy atom. The highest BCUT2D eigenvalue weighted by Crippen LogP contribution is 2.37. The Kier molecular flexibility index (Phi) is 1.74. The fraction of sp³-hybridized carbons (Fsp3) is 0.889. The van der Waals surface area contributed by atoms with E-state index in [1.54, 1.807) is 0 Å². The van der Waals surface area contributed by atoms with Crippen molar-refractivity contribution in [2.24, 2.45) is 16.6 Å². The molecule has 0 atom stereocenters. The Morgan fingerprint density at radius 1 is 1.50 bits per heavy atom. The van der Waals surface area contributed by atoms with Gasteiger partial charge in [-0.25, -0.2) is 4.99 Å². The normalized spacial score (nSPS) is 41.1. The molecule has 1 heterocycles. The maximum Gasteiger partial charge on any atom is 0.282 e. The zero-order chi connectivity index (χ0) is 8.60. The molecule has 1 spiro atoms. The molecule has 0 aromatic heterocycles. The van der Waals surface area contributed by atoms with Crippen molar-refractivity contribution < 1.29 is 4.74 Å². The molecule has 3 nitrogen and oxygen atoms in total. The molecule has 0 aromatic carbocycles. The van der Waals surface area contributed by atoms with Crippen LogP contribution in [0.3, 0.4) is 0 Å². The Hall–Kier alpha value is -0.730. The van der Waals surface area contributed by atoms with E-state index in [1.807, 2.05) is 0 Å². The van der Waals surface area contributed by atoms with Crippen molar-refractivity contribution in [2.45, 2.75) is 38.1 Å². The second-order valence-corrected chi connectivity index (χ2v) is 4.15. The van der Waals surface area contributed by atoms with Crippen LogP contribution in [0.2, 0.25) is 0 Å². The lowest BCUT2D eigenvalue weighted by molar-refractivity contribution is 0.183. The second kappa shape index (κ2) is 2.64. The van der Waals surface area contributed by atoms with Crippen LogP contribution in [0.4, 0.5) is 0 Å². The number of hydrogen-bond donors (Lipinski definition) is 1. The van der Waals surface area contributed by atoms with Gasteiger partial charge in [0.05, 0.1) is 0 Å². The van der Waals surface area contributed by atoms with E-state index in [9.17, 15) is 0 Å².